The van der Waals surface area contributed by atoms with Crippen molar-refractivity contribution in [3.8, 4) is 0 Å². The molecule has 0 aromatic rings. The minimum absolute atomic E-state index is 0.131. The van der Waals surface area contributed by atoms with E-state index in [1.807, 2.05) is 11.9 Å². The maximum atomic E-state index is 12.3. The van der Waals surface area contributed by atoms with Crippen LogP contribution in [0.25, 0.3) is 0 Å². The summed E-state index contributed by atoms with van der Waals surface area (Å²) in [6.07, 6.45) is 8.39. The van der Waals surface area contributed by atoms with E-state index in [4.69, 9.17) is 5.73 Å². The van der Waals surface area contributed by atoms with E-state index in [0.717, 1.165) is 19.3 Å². The van der Waals surface area contributed by atoms with Gasteiger partial charge in [-0.15, -0.1) is 0 Å². The normalized spacial score (nSPS) is 21.6. The van der Waals surface area contributed by atoms with E-state index in [1.165, 1.54) is 25.7 Å². The molecule has 0 bridgehead atoms. The van der Waals surface area contributed by atoms with Gasteiger partial charge >= 0.3 is 0 Å². The molecule has 1 saturated carbocycles. The van der Waals surface area contributed by atoms with Gasteiger partial charge in [0, 0.05) is 13.1 Å². The van der Waals surface area contributed by atoms with Crippen LogP contribution in [-0.2, 0) is 4.79 Å². The van der Waals surface area contributed by atoms with Crippen molar-refractivity contribution >= 4 is 5.91 Å². The summed E-state index contributed by atoms with van der Waals surface area (Å²) in [4.78, 5) is 14.2. The van der Waals surface area contributed by atoms with Gasteiger partial charge in [-0.1, -0.05) is 46.0 Å². The zero-order valence-corrected chi connectivity index (χ0v) is 11.6. The number of hydrogen-bond donors (Lipinski definition) is 1. The number of carbonyl (C=O) groups is 1. The highest BCUT2D eigenvalue weighted by molar-refractivity contribution is 5.82. The fourth-order valence-electron chi connectivity index (χ4n) is 2.56. The molecule has 1 aliphatic rings. The van der Waals surface area contributed by atoms with Crippen LogP contribution in [0.4, 0.5) is 0 Å². The topological polar surface area (TPSA) is 46.3 Å². The Bertz CT molecular complexity index is 234. The molecule has 1 amide bonds. The van der Waals surface area contributed by atoms with E-state index in [2.05, 4.69) is 13.8 Å². The van der Waals surface area contributed by atoms with Gasteiger partial charge in [0.15, 0.2) is 0 Å². The summed E-state index contributed by atoms with van der Waals surface area (Å²) in [7, 11) is 1.93. The maximum absolute atomic E-state index is 12.3. The largest absolute Gasteiger partial charge is 0.341 e. The Labute approximate surface area is 106 Å². The minimum atomic E-state index is -0.326. The molecule has 3 nitrogen and oxygen atoms in total. The van der Waals surface area contributed by atoms with Gasteiger partial charge in [0.1, 0.15) is 0 Å². The predicted molar refractivity (Wildman–Crippen MR) is 71.7 cm³/mol. The van der Waals surface area contributed by atoms with E-state index < -0.39 is 0 Å². The molecule has 0 aromatic carbocycles. The first-order valence-corrected chi connectivity index (χ1v) is 7.10. The van der Waals surface area contributed by atoms with Crippen LogP contribution in [0.2, 0.25) is 0 Å². The van der Waals surface area contributed by atoms with E-state index in [9.17, 15) is 4.79 Å². The van der Waals surface area contributed by atoms with Crippen LogP contribution in [-0.4, -0.2) is 29.9 Å². The Morgan fingerprint density at radius 1 is 1.29 bits per heavy atom. The number of amides is 1. The summed E-state index contributed by atoms with van der Waals surface area (Å²) in [5, 5.41) is 0. The van der Waals surface area contributed by atoms with Crippen molar-refractivity contribution < 1.29 is 4.79 Å². The van der Waals surface area contributed by atoms with Crippen molar-refractivity contribution in [2.24, 2.45) is 11.7 Å². The molecule has 0 aliphatic heterocycles. The van der Waals surface area contributed by atoms with E-state index in [-0.39, 0.29) is 17.9 Å². The van der Waals surface area contributed by atoms with Gasteiger partial charge in [0.25, 0.3) is 0 Å². The van der Waals surface area contributed by atoms with E-state index >= 15 is 0 Å². The second kappa shape index (κ2) is 7.00. The summed E-state index contributed by atoms with van der Waals surface area (Å²) >= 11 is 0. The smallest absolute Gasteiger partial charge is 0.239 e. The van der Waals surface area contributed by atoms with Crippen LogP contribution in [0, 0.1) is 5.92 Å². The molecule has 2 N–H and O–H groups in total. The van der Waals surface area contributed by atoms with Crippen LogP contribution < -0.4 is 5.73 Å². The van der Waals surface area contributed by atoms with Crippen LogP contribution in [0.15, 0.2) is 0 Å². The number of carbonyl (C=O) groups excluding carboxylic acids is 1. The number of nitrogens with zero attached hydrogens (tertiary/aromatic N) is 1. The molecule has 3 heteroatoms. The third kappa shape index (κ3) is 3.98. The average molecular weight is 240 g/mol. The molecule has 0 saturated heterocycles. The molecular formula is C14H28N2O. The number of rotatable bonds is 4. The molecule has 100 valence electrons. The first-order valence-electron chi connectivity index (χ1n) is 7.10. The fraction of sp³-hybridized carbons (Fsp3) is 0.929. The van der Waals surface area contributed by atoms with Crippen LogP contribution in [0.5, 0.6) is 0 Å². The van der Waals surface area contributed by atoms with Gasteiger partial charge in [0.05, 0.1) is 6.04 Å². The van der Waals surface area contributed by atoms with Gasteiger partial charge in [-0.3, -0.25) is 4.79 Å². The summed E-state index contributed by atoms with van der Waals surface area (Å²) in [5.74, 6) is 0.405. The maximum Gasteiger partial charge on any atom is 0.239 e. The molecular weight excluding hydrogens is 212 g/mol. The lowest BCUT2D eigenvalue weighted by Gasteiger charge is -2.31. The monoisotopic (exact) mass is 240 g/mol. The number of likely N-dealkylation sites (N-methyl/N-ethyl adjacent to an activating group) is 1. The van der Waals surface area contributed by atoms with Crippen molar-refractivity contribution in [3.05, 3.63) is 0 Å². The molecule has 1 rings (SSSR count). The standard InChI is InChI=1S/C14H28N2O/c1-4-11(2)13(15)14(17)16(3)12-9-7-5-6-8-10-12/h11-13H,4-10,15H2,1-3H3/t11-,13-/m0/s1. The Hall–Kier alpha value is -0.570. The van der Waals surface area contributed by atoms with Gasteiger partial charge in [-0.05, 0) is 18.8 Å². The van der Waals surface area contributed by atoms with Crippen molar-refractivity contribution in [1.29, 1.82) is 0 Å². The van der Waals surface area contributed by atoms with Crippen molar-refractivity contribution in [2.45, 2.75) is 70.9 Å². The molecule has 1 fully saturated rings. The summed E-state index contributed by atoms with van der Waals surface area (Å²) < 4.78 is 0. The predicted octanol–water partition coefficient (Wildman–Crippen LogP) is 2.54. The highest BCUT2D eigenvalue weighted by atomic mass is 16.2. The first-order chi connectivity index (χ1) is 8.07. The van der Waals surface area contributed by atoms with Crippen molar-refractivity contribution in [1.82, 2.24) is 4.90 Å². The van der Waals surface area contributed by atoms with Crippen LogP contribution in [0.3, 0.4) is 0 Å². The lowest BCUT2D eigenvalue weighted by molar-refractivity contribution is -0.134. The van der Waals surface area contributed by atoms with Crippen LogP contribution >= 0.6 is 0 Å². The first kappa shape index (κ1) is 14.5. The molecule has 0 radical (unpaired) electrons. The zero-order chi connectivity index (χ0) is 12.8. The second-order valence-corrected chi connectivity index (χ2v) is 5.51. The van der Waals surface area contributed by atoms with Crippen molar-refractivity contribution in [3.63, 3.8) is 0 Å². The van der Waals surface area contributed by atoms with E-state index in [0.29, 0.717) is 6.04 Å². The third-order valence-corrected chi connectivity index (χ3v) is 4.26. The summed E-state index contributed by atoms with van der Waals surface area (Å²) in [6.45, 7) is 4.15. The summed E-state index contributed by atoms with van der Waals surface area (Å²) in [5.41, 5.74) is 6.03. The minimum Gasteiger partial charge on any atom is -0.341 e. The van der Waals surface area contributed by atoms with Gasteiger partial charge in [0.2, 0.25) is 5.91 Å². The molecule has 0 heterocycles. The quantitative estimate of drug-likeness (QED) is 0.768. The van der Waals surface area contributed by atoms with Gasteiger partial charge in [-0.25, -0.2) is 0 Å². The van der Waals surface area contributed by atoms with Crippen LogP contribution in [0.1, 0.15) is 58.8 Å². The highest BCUT2D eigenvalue weighted by Gasteiger charge is 2.27. The number of hydrogen-bond acceptors (Lipinski definition) is 2. The molecule has 2 atom stereocenters. The Morgan fingerprint density at radius 3 is 2.29 bits per heavy atom. The zero-order valence-electron chi connectivity index (χ0n) is 11.6. The van der Waals surface area contributed by atoms with Gasteiger partial charge in [-0.2, -0.15) is 0 Å². The molecule has 17 heavy (non-hydrogen) atoms. The average Bonchev–Trinajstić information content (AvgIpc) is 2.63. The number of nitrogens with two attached hydrogens (primary N) is 1. The Balaban J connectivity index is 2.54. The highest BCUT2D eigenvalue weighted by Crippen LogP contribution is 2.22. The SMILES string of the molecule is CC[C@H](C)[C@H](N)C(=O)N(C)C1CCCCCC1. The second-order valence-electron chi connectivity index (χ2n) is 5.51. The molecule has 0 aromatic heterocycles. The van der Waals surface area contributed by atoms with E-state index in [1.54, 1.807) is 0 Å². The summed E-state index contributed by atoms with van der Waals surface area (Å²) in [6, 6.07) is 0.0911. The van der Waals surface area contributed by atoms with Gasteiger partial charge < -0.3 is 10.6 Å². The molecule has 0 spiro atoms. The van der Waals surface area contributed by atoms with Crippen molar-refractivity contribution in [2.75, 3.05) is 7.05 Å². The Kier molecular flexibility index (Phi) is 5.96. The third-order valence-electron chi connectivity index (χ3n) is 4.26. The lowest BCUT2D eigenvalue weighted by Crippen LogP contribution is -2.49. The lowest BCUT2D eigenvalue weighted by atomic mass is 9.97. The molecule has 0 unspecified atom stereocenters. The molecule has 1 aliphatic carbocycles. The fourth-order valence-corrected chi connectivity index (χ4v) is 2.56. The Morgan fingerprint density at radius 2 is 1.82 bits per heavy atom.